The highest BCUT2D eigenvalue weighted by atomic mass is 32.2. The van der Waals surface area contributed by atoms with Gasteiger partial charge in [-0.25, -0.2) is 18.2 Å². The molecule has 0 saturated carbocycles. The molecule has 0 unspecified atom stereocenters. The predicted molar refractivity (Wildman–Crippen MR) is 88.8 cm³/mol. The number of nitrogens with zero attached hydrogens (tertiary/aromatic N) is 1. The molecule has 0 aliphatic rings. The molecular weight excluding hydrogens is 352 g/mol. The summed E-state index contributed by atoms with van der Waals surface area (Å²) >= 11 is 1.15. The number of amides is 1. The van der Waals surface area contributed by atoms with E-state index in [1.807, 2.05) is 0 Å². The first-order valence-corrected chi connectivity index (χ1v) is 9.61. The van der Waals surface area contributed by atoms with E-state index in [1.54, 1.807) is 19.1 Å². The fourth-order valence-electron chi connectivity index (χ4n) is 1.93. The van der Waals surface area contributed by atoms with Gasteiger partial charge in [0.25, 0.3) is 0 Å². The summed E-state index contributed by atoms with van der Waals surface area (Å²) < 4.78 is 23.7. The zero-order valence-electron chi connectivity index (χ0n) is 12.9. The van der Waals surface area contributed by atoms with E-state index in [2.05, 4.69) is 10.3 Å². The molecule has 0 bridgehead atoms. The fourth-order valence-corrected chi connectivity index (χ4v) is 3.59. The van der Waals surface area contributed by atoms with Crippen LogP contribution in [0.5, 0.6) is 0 Å². The molecule has 0 aliphatic carbocycles. The maximum atomic E-state index is 12.0. The molecule has 2 N–H and O–H groups in total. The van der Waals surface area contributed by atoms with Gasteiger partial charge in [0.1, 0.15) is 5.01 Å². The van der Waals surface area contributed by atoms with Gasteiger partial charge in [-0.3, -0.25) is 4.79 Å². The minimum absolute atomic E-state index is 0.00138. The third-order valence-electron chi connectivity index (χ3n) is 3.21. The van der Waals surface area contributed by atoms with Crippen molar-refractivity contribution in [3.05, 3.63) is 45.9 Å². The number of carbonyl (C=O) groups excluding carboxylic acids is 1. The number of carbonyl (C=O) groups is 2. The van der Waals surface area contributed by atoms with Crippen LogP contribution in [-0.2, 0) is 27.6 Å². The third kappa shape index (κ3) is 4.62. The Balaban J connectivity index is 1.97. The summed E-state index contributed by atoms with van der Waals surface area (Å²) in [5.41, 5.74) is 0.536. The molecule has 0 radical (unpaired) electrons. The van der Waals surface area contributed by atoms with Crippen LogP contribution in [0.2, 0.25) is 0 Å². The molecule has 0 spiro atoms. The lowest BCUT2D eigenvalue weighted by Crippen LogP contribution is -2.24. The van der Waals surface area contributed by atoms with Crippen molar-refractivity contribution in [3.63, 3.8) is 0 Å². The van der Waals surface area contributed by atoms with Gasteiger partial charge in [-0.1, -0.05) is 19.1 Å². The van der Waals surface area contributed by atoms with Crippen molar-refractivity contribution in [1.82, 2.24) is 10.3 Å². The summed E-state index contributed by atoms with van der Waals surface area (Å²) in [5, 5.41) is 13.3. The zero-order valence-corrected chi connectivity index (χ0v) is 14.5. The number of sulfone groups is 1. The summed E-state index contributed by atoms with van der Waals surface area (Å²) in [5.74, 6) is -1.41. The SMILES string of the molecule is CCS(=O)(=O)c1cccc(CC(=O)NCc2nc(C(=O)O)cs2)c1. The molecule has 1 heterocycles. The number of carboxylic acids is 1. The molecule has 0 aliphatic heterocycles. The van der Waals surface area contributed by atoms with Crippen molar-refractivity contribution in [1.29, 1.82) is 0 Å². The van der Waals surface area contributed by atoms with Crippen LogP contribution in [0, 0.1) is 0 Å². The van der Waals surface area contributed by atoms with E-state index in [-0.39, 0.29) is 35.2 Å². The van der Waals surface area contributed by atoms with Gasteiger partial charge in [-0.2, -0.15) is 0 Å². The zero-order chi connectivity index (χ0) is 17.7. The van der Waals surface area contributed by atoms with Gasteiger partial charge >= 0.3 is 5.97 Å². The van der Waals surface area contributed by atoms with Crippen molar-refractivity contribution in [2.24, 2.45) is 0 Å². The van der Waals surface area contributed by atoms with Crippen molar-refractivity contribution < 1.29 is 23.1 Å². The smallest absolute Gasteiger partial charge is 0.355 e. The molecule has 1 amide bonds. The summed E-state index contributed by atoms with van der Waals surface area (Å²) in [6.07, 6.45) is 0.0320. The first-order chi connectivity index (χ1) is 11.3. The van der Waals surface area contributed by atoms with E-state index in [0.29, 0.717) is 10.6 Å². The van der Waals surface area contributed by atoms with Gasteiger partial charge in [0, 0.05) is 5.38 Å². The average Bonchev–Trinajstić information content (AvgIpc) is 3.02. The number of hydrogen-bond acceptors (Lipinski definition) is 6. The van der Waals surface area contributed by atoms with E-state index in [0.717, 1.165) is 11.3 Å². The summed E-state index contributed by atoms with van der Waals surface area (Å²) in [7, 11) is -3.31. The van der Waals surface area contributed by atoms with Crippen LogP contribution >= 0.6 is 11.3 Å². The van der Waals surface area contributed by atoms with E-state index in [1.165, 1.54) is 17.5 Å². The Morgan fingerprint density at radius 1 is 1.33 bits per heavy atom. The Morgan fingerprint density at radius 3 is 2.71 bits per heavy atom. The molecule has 2 rings (SSSR count). The summed E-state index contributed by atoms with van der Waals surface area (Å²) in [6, 6.07) is 6.28. The van der Waals surface area contributed by atoms with E-state index < -0.39 is 15.8 Å². The first-order valence-electron chi connectivity index (χ1n) is 7.08. The molecule has 0 atom stereocenters. The molecule has 128 valence electrons. The first kappa shape index (κ1) is 18.1. The lowest BCUT2D eigenvalue weighted by Gasteiger charge is -2.06. The van der Waals surface area contributed by atoms with Gasteiger partial charge in [0.2, 0.25) is 5.91 Å². The highest BCUT2D eigenvalue weighted by molar-refractivity contribution is 7.91. The number of carboxylic acid groups (broad SMARTS) is 1. The Labute approximate surface area is 143 Å². The topological polar surface area (TPSA) is 113 Å². The Kier molecular flexibility index (Phi) is 5.68. The van der Waals surface area contributed by atoms with Crippen molar-refractivity contribution in [3.8, 4) is 0 Å². The van der Waals surface area contributed by atoms with Gasteiger partial charge in [0.05, 0.1) is 23.6 Å². The predicted octanol–water partition coefficient (Wildman–Crippen LogP) is 1.49. The normalized spacial score (nSPS) is 11.2. The Morgan fingerprint density at radius 2 is 2.08 bits per heavy atom. The van der Waals surface area contributed by atoms with Crippen LogP contribution in [0.25, 0.3) is 0 Å². The molecule has 2 aromatic rings. The van der Waals surface area contributed by atoms with E-state index >= 15 is 0 Å². The second-order valence-corrected chi connectivity index (χ2v) is 8.16. The minimum atomic E-state index is -3.31. The number of nitrogens with one attached hydrogen (secondary N) is 1. The standard InChI is InChI=1S/C15H16N2O5S2/c1-2-24(21,22)11-5-3-4-10(6-11)7-13(18)16-8-14-17-12(9-23-14)15(19)20/h3-6,9H,2,7-8H2,1H3,(H,16,18)(H,19,20). The van der Waals surface area contributed by atoms with E-state index in [9.17, 15) is 18.0 Å². The lowest BCUT2D eigenvalue weighted by atomic mass is 10.1. The number of aromatic carboxylic acids is 1. The van der Waals surface area contributed by atoms with Gasteiger partial charge in [-0.15, -0.1) is 11.3 Å². The summed E-state index contributed by atoms with van der Waals surface area (Å²) in [6.45, 7) is 1.69. The fraction of sp³-hybridized carbons (Fsp3) is 0.267. The molecule has 24 heavy (non-hydrogen) atoms. The van der Waals surface area contributed by atoms with Crippen LogP contribution in [0.1, 0.15) is 28.0 Å². The molecule has 1 aromatic heterocycles. The lowest BCUT2D eigenvalue weighted by molar-refractivity contribution is -0.120. The van der Waals surface area contributed by atoms with Crippen LogP contribution in [0.15, 0.2) is 34.5 Å². The summed E-state index contributed by atoms with van der Waals surface area (Å²) in [4.78, 5) is 26.8. The van der Waals surface area contributed by atoms with Crippen LogP contribution in [-0.4, -0.2) is 36.1 Å². The largest absolute Gasteiger partial charge is 0.476 e. The Hall–Kier alpha value is -2.26. The molecule has 0 saturated heterocycles. The maximum Gasteiger partial charge on any atom is 0.355 e. The number of rotatable bonds is 7. The number of thiazole rings is 1. The van der Waals surface area contributed by atoms with Crippen LogP contribution in [0.3, 0.4) is 0 Å². The van der Waals surface area contributed by atoms with Gasteiger partial charge < -0.3 is 10.4 Å². The van der Waals surface area contributed by atoms with Gasteiger partial charge in [-0.05, 0) is 17.7 Å². The maximum absolute atomic E-state index is 12.0. The Bertz CT molecular complexity index is 858. The third-order valence-corrected chi connectivity index (χ3v) is 5.79. The second-order valence-electron chi connectivity index (χ2n) is 4.94. The average molecular weight is 368 g/mol. The second kappa shape index (κ2) is 7.54. The number of benzene rings is 1. The molecule has 1 aromatic carbocycles. The van der Waals surface area contributed by atoms with Gasteiger partial charge in [0.15, 0.2) is 15.5 Å². The molecular formula is C15H16N2O5S2. The van der Waals surface area contributed by atoms with Crippen molar-refractivity contribution in [2.45, 2.75) is 24.8 Å². The van der Waals surface area contributed by atoms with Crippen molar-refractivity contribution in [2.75, 3.05) is 5.75 Å². The minimum Gasteiger partial charge on any atom is -0.476 e. The van der Waals surface area contributed by atoms with Crippen LogP contribution in [0.4, 0.5) is 0 Å². The molecule has 9 heteroatoms. The monoisotopic (exact) mass is 368 g/mol. The number of hydrogen-bond donors (Lipinski definition) is 2. The van der Waals surface area contributed by atoms with Crippen molar-refractivity contribution >= 4 is 33.1 Å². The highest BCUT2D eigenvalue weighted by Gasteiger charge is 2.13. The van der Waals surface area contributed by atoms with E-state index in [4.69, 9.17) is 5.11 Å². The number of aromatic nitrogens is 1. The quantitative estimate of drug-likeness (QED) is 0.765. The van der Waals surface area contributed by atoms with Crippen LogP contribution < -0.4 is 5.32 Å². The molecule has 7 nitrogen and oxygen atoms in total. The molecule has 0 fully saturated rings. The highest BCUT2D eigenvalue weighted by Crippen LogP contribution is 2.14.